The molecule has 1 aliphatic heterocycles. The average Bonchev–Trinajstić information content (AvgIpc) is 3.37. The number of pyridine rings is 1. The third-order valence-corrected chi connectivity index (χ3v) is 5.24. The van der Waals surface area contributed by atoms with Crippen LogP contribution in [0.2, 0.25) is 5.02 Å². The van der Waals surface area contributed by atoms with E-state index in [9.17, 15) is 0 Å². The molecule has 22 heavy (non-hydrogen) atoms. The van der Waals surface area contributed by atoms with Gasteiger partial charge in [0.15, 0.2) is 0 Å². The third-order valence-electron chi connectivity index (χ3n) is 4.89. The van der Waals surface area contributed by atoms with Crippen LogP contribution in [0.1, 0.15) is 24.8 Å². The highest BCUT2D eigenvalue weighted by atomic mass is 35.5. The van der Waals surface area contributed by atoms with Crippen molar-refractivity contribution in [3.63, 3.8) is 0 Å². The zero-order valence-corrected chi connectivity index (χ0v) is 13.6. The Labute approximate surface area is 136 Å². The van der Waals surface area contributed by atoms with Crippen LogP contribution >= 0.6 is 11.6 Å². The van der Waals surface area contributed by atoms with Gasteiger partial charge in [-0.15, -0.1) is 0 Å². The van der Waals surface area contributed by atoms with Gasteiger partial charge in [-0.25, -0.2) is 0 Å². The van der Waals surface area contributed by atoms with E-state index in [4.69, 9.17) is 11.6 Å². The number of hydrogen-bond donors (Lipinski definition) is 0. The van der Waals surface area contributed by atoms with Gasteiger partial charge in [-0.05, 0) is 44.5 Å². The zero-order valence-electron chi connectivity index (χ0n) is 12.8. The number of halogens is 1. The maximum Gasteiger partial charge on any atom is 0.0761 e. The highest BCUT2D eigenvalue weighted by molar-refractivity contribution is 6.32. The van der Waals surface area contributed by atoms with E-state index in [0.29, 0.717) is 0 Å². The molecule has 1 aliphatic carbocycles. The minimum absolute atomic E-state index is 0.842. The van der Waals surface area contributed by atoms with Gasteiger partial charge >= 0.3 is 0 Å². The summed E-state index contributed by atoms with van der Waals surface area (Å²) in [6.07, 6.45) is 5.92. The fraction of sp³-hybridized carbons (Fsp3) is 0.500. The Hall–Kier alpha value is -1.16. The summed E-state index contributed by atoms with van der Waals surface area (Å²) < 4.78 is 0. The zero-order chi connectivity index (χ0) is 14.9. The smallest absolute Gasteiger partial charge is 0.0761 e. The van der Waals surface area contributed by atoms with Gasteiger partial charge in [0.2, 0.25) is 0 Å². The first-order chi connectivity index (χ1) is 10.8. The third kappa shape index (κ3) is 2.98. The summed E-state index contributed by atoms with van der Waals surface area (Å²) in [6, 6.07) is 9.04. The summed E-state index contributed by atoms with van der Waals surface area (Å²) in [5, 5.41) is 2.02. The second kappa shape index (κ2) is 6.15. The molecule has 3 nitrogen and oxygen atoms in total. The molecule has 0 radical (unpaired) electrons. The molecule has 4 heteroatoms. The number of hydrogen-bond acceptors (Lipinski definition) is 3. The molecule has 0 bridgehead atoms. The molecule has 2 fully saturated rings. The van der Waals surface area contributed by atoms with Crippen LogP contribution in [0.3, 0.4) is 0 Å². The lowest BCUT2D eigenvalue weighted by atomic mass is 10.1. The first kappa shape index (κ1) is 14.4. The first-order valence-electron chi connectivity index (χ1n) is 8.30. The second-order valence-electron chi connectivity index (χ2n) is 6.50. The molecule has 4 rings (SSSR count). The molecule has 116 valence electrons. The van der Waals surface area contributed by atoms with Gasteiger partial charge in [0, 0.05) is 47.8 Å². The van der Waals surface area contributed by atoms with Crippen LogP contribution in [-0.4, -0.2) is 47.0 Å². The molecule has 1 aromatic heterocycles. The minimum atomic E-state index is 0.842. The normalized spacial score (nSPS) is 21.1. The highest BCUT2D eigenvalue weighted by Crippen LogP contribution is 2.29. The van der Waals surface area contributed by atoms with Crippen LogP contribution in [0.4, 0.5) is 0 Å². The van der Waals surface area contributed by atoms with E-state index in [2.05, 4.69) is 26.9 Å². The Morgan fingerprint density at radius 2 is 2.00 bits per heavy atom. The van der Waals surface area contributed by atoms with Crippen LogP contribution in [-0.2, 0) is 6.54 Å². The average molecular weight is 316 g/mol. The SMILES string of the molecule is Clc1ccc2cccnc2c1CN1CCCN(C2CC2)CC1. The quantitative estimate of drug-likeness (QED) is 0.863. The van der Waals surface area contributed by atoms with Gasteiger partial charge in [-0.1, -0.05) is 23.7 Å². The van der Waals surface area contributed by atoms with Gasteiger partial charge in [-0.2, -0.15) is 0 Å². The lowest BCUT2D eigenvalue weighted by molar-refractivity contribution is 0.246. The highest BCUT2D eigenvalue weighted by Gasteiger charge is 2.30. The van der Waals surface area contributed by atoms with Crippen molar-refractivity contribution in [2.75, 3.05) is 26.2 Å². The predicted octanol–water partition coefficient (Wildman–Crippen LogP) is 3.56. The van der Waals surface area contributed by atoms with Crippen LogP contribution in [0.15, 0.2) is 30.5 Å². The van der Waals surface area contributed by atoms with E-state index < -0.39 is 0 Å². The Morgan fingerprint density at radius 1 is 1.09 bits per heavy atom. The summed E-state index contributed by atoms with van der Waals surface area (Å²) in [5.41, 5.74) is 2.23. The molecule has 0 unspecified atom stereocenters. The van der Waals surface area contributed by atoms with Crippen molar-refractivity contribution >= 4 is 22.5 Å². The molecular formula is C18H22ClN3. The molecule has 0 N–H and O–H groups in total. The van der Waals surface area contributed by atoms with Gasteiger partial charge in [0.05, 0.1) is 5.52 Å². The fourth-order valence-electron chi connectivity index (χ4n) is 3.51. The molecule has 1 aromatic carbocycles. The Morgan fingerprint density at radius 3 is 2.86 bits per heavy atom. The maximum absolute atomic E-state index is 6.48. The number of aromatic nitrogens is 1. The molecule has 1 saturated carbocycles. The van der Waals surface area contributed by atoms with Gasteiger partial charge in [-0.3, -0.25) is 14.8 Å². The van der Waals surface area contributed by atoms with E-state index >= 15 is 0 Å². The topological polar surface area (TPSA) is 19.4 Å². The summed E-state index contributed by atoms with van der Waals surface area (Å²) in [5.74, 6) is 0. The van der Waals surface area contributed by atoms with Crippen molar-refractivity contribution in [2.45, 2.75) is 31.8 Å². The summed E-state index contributed by atoms with van der Waals surface area (Å²) in [6.45, 7) is 5.65. The van der Waals surface area contributed by atoms with Crippen molar-refractivity contribution in [2.24, 2.45) is 0 Å². The van der Waals surface area contributed by atoms with Gasteiger partial charge in [0.25, 0.3) is 0 Å². The fourth-order valence-corrected chi connectivity index (χ4v) is 3.72. The lowest BCUT2D eigenvalue weighted by Gasteiger charge is -2.22. The summed E-state index contributed by atoms with van der Waals surface area (Å²) >= 11 is 6.48. The predicted molar refractivity (Wildman–Crippen MR) is 91.2 cm³/mol. The largest absolute Gasteiger partial charge is 0.299 e. The molecule has 0 amide bonds. The summed E-state index contributed by atoms with van der Waals surface area (Å²) in [4.78, 5) is 9.77. The van der Waals surface area contributed by atoms with E-state index in [1.54, 1.807) is 0 Å². The molecule has 2 heterocycles. The van der Waals surface area contributed by atoms with Gasteiger partial charge < -0.3 is 0 Å². The van der Waals surface area contributed by atoms with E-state index in [1.807, 2.05) is 18.3 Å². The monoisotopic (exact) mass is 315 g/mol. The minimum Gasteiger partial charge on any atom is -0.299 e. The van der Waals surface area contributed by atoms with Crippen LogP contribution in [0.5, 0.6) is 0 Å². The van der Waals surface area contributed by atoms with E-state index in [1.165, 1.54) is 43.3 Å². The van der Waals surface area contributed by atoms with Gasteiger partial charge in [0.1, 0.15) is 0 Å². The first-order valence-corrected chi connectivity index (χ1v) is 8.67. The number of benzene rings is 1. The van der Waals surface area contributed by atoms with Crippen LogP contribution in [0, 0.1) is 0 Å². The second-order valence-corrected chi connectivity index (χ2v) is 6.91. The molecule has 2 aromatic rings. The molecule has 0 spiro atoms. The Bertz CT molecular complexity index is 668. The maximum atomic E-state index is 6.48. The number of fused-ring (bicyclic) bond motifs is 1. The van der Waals surface area contributed by atoms with Crippen molar-refractivity contribution < 1.29 is 0 Å². The molecular weight excluding hydrogens is 294 g/mol. The lowest BCUT2D eigenvalue weighted by Crippen LogP contribution is -2.32. The standard InChI is InChI=1S/C18H22ClN3/c19-17-7-4-14-3-1-8-20-18(14)16(17)13-21-9-2-10-22(12-11-21)15-5-6-15/h1,3-4,7-8,15H,2,5-6,9-13H2. The van der Waals surface area contributed by atoms with E-state index in [-0.39, 0.29) is 0 Å². The number of rotatable bonds is 3. The molecule has 2 aliphatic rings. The summed E-state index contributed by atoms with van der Waals surface area (Å²) in [7, 11) is 0. The Balaban J connectivity index is 1.54. The molecule has 0 atom stereocenters. The van der Waals surface area contributed by atoms with Crippen molar-refractivity contribution in [1.29, 1.82) is 0 Å². The molecule has 1 saturated heterocycles. The van der Waals surface area contributed by atoms with Crippen LogP contribution in [0.25, 0.3) is 10.9 Å². The van der Waals surface area contributed by atoms with E-state index in [0.717, 1.165) is 36.2 Å². The van der Waals surface area contributed by atoms with Crippen LogP contribution < -0.4 is 0 Å². The van der Waals surface area contributed by atoms with Crippen molar-refractivity contribution in [3.8, 4) is 0 Å². The van der Waals surface area contributed by atoms with Crippen molar-refractivity contribution in [1.82, 2.24) is 14.8 Å². The number of nitrogens with zero attached hydrogens (tertiary/aromatic N) is 3. The Kier molecular flexibility index (Phi) is 4.03. The van der Waals surface area contributed by atoms with Crippen molar-refractivity contribution in [3.05, 3.63) is 41.0 Å².